The van der Waals surface area contributed by atoms with Crippen LogP contribution in [0.4, 0.5) is 0 Å². The van der Waals surface area contributed by atoms with Crippen LogP contribution in [-0.2, 0) is 17.9 Å². The molecule has 2 aliphatic rings. The van der Waals surface area contributed by atoms with Gasteiger partial charge in [0, 0.05) is 25.2 Å². The Hall–Kier alpha value is -2.60. The van der Waals surface area contributed by atoms with Crippen molar-refractivity contribution >= 4 is 11.8 Å². The smallest absolute Gasteiger partial charge is 0.253 e. The number of carbonyl (C=O) groups excluding carboxylic acids is 2. The molecule has 2 amide bonds. The van der Waals surface area contributed by atoms with Gasteiger partial charge < -0.3 is 14.6 Å². The van der Waals surface area contributed by atoms with Crippen molar-refractivity contribution in [2.45, 2.75) is 44.8 Å². The Kier molecular flexibility index (Phi) is 5.76. The number of carbonyl (C=O) groups is 2. The van der Waals surface area contributed by atoms with Gasteiger partial charge in [0.2, 0.25) is 5.91 Å². The molecule has 148 valence electrons. The molecule has 2 aliphatic heterocycles. The first kappa shape index (κ1) is 18.7. The van der Waals surface area contributed by atoms with Crippen LogP contribution in [0.3, 0.4) is 0 Å². The number of nitrogens with zero attached hydrogens (tertiary/aromatic N) is 2. The van der Waals surface area contributed by atoms with Crippen molar-refractivity contribution in [2.24, 2.45) is 0 Å². The largest absolute Gasteiger partial charge is 0.467 e. The fraction of sp³-hybridized carbons (Fsp3) is 0.455. The second-order valence-corrected chi connectivity index (χ2v) is 7.62. The van der Waals surface area contributed by atoms with Crippen molar-refractivity contribution in [1.29, 1.82) is 0 Å². The zero-order valence-electron chi connectivity index (χ0n) is 16.1. The van der Waals surface area contributed by atoms with Gasteiger partial charge in [-0.05, 0) is 62.1 Å². The van der Waals surface area contributed by atoms with E-state index in [1.165, 1.54) is 0 Å². The van der Waals surface area contributed by atoms with Gasteiger partial charge in [-0.25, -0.2) is 0 Å². The van der Waals surface area contributed by atoms with Gasteiger partial charge in [0.25, 0.3) is 5.91 Å². The van der Waals surface area contributed by atoms with Gasteiger partial charge in [0.05, 0.1) is 18.8 Å². The Morgan fingerprint density at radius 2 is 1.82 bits per heavy atom. The summed E-state index contributed by atoms with van der Waals surface area (Å²) in [5.41, 5.74) is 1.88. The van der Waals surface area contributed by atoms with E-state index in [1.807, 2.05) is 41.3 Å². The average Bonchev–Trinajstić information content (AvgIpc) is 3.49. The van der Waals surface area contributed by atoms with Crippen molar-refractivity contribution in [1.82, 2.24) is 15.1 Å². The van der Waals surface area contributed by atoms with Crippen LogP contribution in [0.15, 0.2) is 47.1 Å². The first-order valence-electron chi connectivity index (χ1n) is 10.1. The van der Waals surface area contributed by atoms with Crippen LogP contribution >= 0.6 is 0 Å². The van der Waals surface area contributed by atoms with Crippen LogP contribution in [0.5, 0.6) is 0 Å². The number of benzene rings is 1. The monoisotopic (exact) mass is 381 g/mol. The van der Waals surface area contributed by atoms with Crippen molar-refractivity contribution in [3.05, 3.63) is 59.5 Å². The molecule has 1 unspecified atom stereocenters. The normalized spacial score (nSPS) is 19.9. The topological polar surface area (TPSA) is 65.8 Å². The van der Waals surface area contributed by atoms with E-state index in [4.69, 9.17) is 4.42 Å². The van der Waals surface area contributed by atoms with E-state index in [1.54, 1.807) is 6.26 Å². The highest BCUT2D eigenvalue weighted by atomic mass is 16.3. The zero-order valence-corrected chi connectivity index (χ0v) is 16.1. The van der Waals surface area contributed by atoms with Crippen LogP contribution < -0.4 is 5.32 Å². The molecule has 0 saturated carbocycles. The number of amides is 2. The maximum absolute atomic E-state index is 12.6. The standard InChI is InChI=1S/C22H27N3O3/c26-21(23-15-19-5-4-14-28-19)20-6-3-13-25(20)16-17-7-9-18(10-8-17)22(27)24-11-1-2-12-24/h4-5,7-10,14,20H,1-3,6,11-13,15-16H2,(H,23,26). The van der Waals surface area contributed by atoms with Gasteiger partial charge in [-0.3, -0.25) is 14.5 Å². The van der Waals surface area contributed by atoms with E-state index in [2.05, 4.69) is 10.2 Å². The van der Waals surface area contributed by atoms with Gasteiger partial charge in [-0.15, -0.1) is 0 Å². The average molecular weight is 381 g/mol. The minimum Gasteiger partial charge on any atom is -0.467 e. The molecule has 6 heteroatoms. The Balaban J connectivity index is 1.33. The van der Waals surface area contributed by atoms with Crippen LogP contribution in [-0.4, -0.2) is 47.3 Å². The third kappa shape index (κ3) is 4.28. The van der Waals surface area contributed by atoms with E-state index >= 15 is 0 Å². The second kappa shape index (κ2) is 8.61. The van der Waals surface area contributed by atoms with Crippen LogP contribution in [0.2, 0.25) is 0 Å². The number of hydrogen-bond donors (Lipinski definition) is 1. The summed E-state index contributed by atoms with van der Waals surface area (Å²) >= 11 is 0. The zero-order chi connectivity index (χ0) is 19.3. The molecule has 0 bridgehead atoms. The summed E-state index contributed by atoms with van der Waals surface area (Å²) in [4.78, 5) is 29.2. The van der Waals surface area contributed by atoms with Crippen LogP contribution in [0, 0.1) is 0 Å². The fourth-order valence-electron chi connectivity index (χ4n) is 4.11. The predicted octanol–water partition coefficient (Wildman–Crippen LogP) is 2.80. The number of rotatable bonds is 6. The van der Waals surface area contributed by atoms with Gasteiger partial charge in [-0.1, -0.05) is 12.1 Å². The highest BCUT2D eigenvalue weighted by Gasteiger charge is 2.30. The Morgan fingerprint density at radius 3 is 2.54 bits per heavy atom. The third-order valence-electron chi connectivity index (χ3n) is 5.66. The van der Waals surface area contributed by atoms with E-state index in [9.17, 15) is 9.59 Å². The summed E-state index contributed by atoms with van der Waals surface area (Å²) in [6.45, 7) is 3.78. The third-order valence-corrected chi connectivity index (χ3v) is 5.66. The first-order chi connectivity index (χ1) is 13.7. The van der Waals surface area contributed by atoms with Crippen molar-refractivity contribution < 1.29 is 14.0 Å². The molecule has 3 heterocycles. The molecule has 2 aromatic rings. The van der Waals surface area contributed by atoms with Gasteiger partial charge in [-0.2, -0.15) is 0 Å². The molecular formula is C22H27N3O3. The molecule has 2 fully saturated rings. The number of nitrogens with one attached hydrogen (secondary N) is 1. The summed E-state index contributed by atoms with van der Waals surface area (Å²) in [6.07, 6.45) is 5.70. The van der Waals surface area contributed by atoms with Crippen LogP contribution in [0.25, 0.3) is 0 Å². The fourth-order valence-corrected chi connectivity index (χ4v) is 4.11. The van der Waals surface area contributed by atoms with E-state index in [0.717, 1.165) is 68.7 Å². The number of likely N-dealkylation sites (tertiary alicyclic amines) is 2. The van der Waals surface area contributed by atoms with Crippen molar-refractivity contribution in [2.75, 3.05) is 19.6 Å². The molecule has 1 aromatic heterocycles. The summed E-state index contributed by atoms with van der Waals surface area (Å²) in [7, 11) is 0. The Labute approximate surface area is 165 Å². The summed E-state index contributed by atoms with van der Waals surface area (Å²) < 4.78 is 5.28. The SMILES string of the molecule is O=C(NCc1ccco1)C1CCCN1Cc1ccc(C(=O)N2CCCC2)cc1. The van der Waals surface area contributed by atoms with Gasteiger partial charge in [0.15, 0.2) is 0 Å². The van der Waals surface area contributed by atoms with Gasteiger partial charge in [0.1, 0.15) is 5.76 Å². The summed E-state index contributed by atoms with van der Waals surface area (Å²) in [6, 6.07) is 11.4. The molecule has 0 spiro atoms. The molecular weight excluding hydrogens is 354 g/mol. The molecule has 28 heavy (non-hydrogen) atoms. The van der Waals surface area contributed by atoms with E-state index < -0.39 is 0 Å². The second-order valence-electron chi connectivity index (χ2n) is 7.62. The highest BCUT2D eigenvalue weighted by Crippen LogP contribution is 2.21. The van der Waals surface area contributed by atoms with Crippen molar-refractivity contribution in [3.8, 4) is 0 Å². The Bertz CT molecular complexity index is 795. The summed E-state index contributed by atoms with van der Waals surface area (Å²) in [5.74, 6) is 0.936. The molecule has 0 aliphatic carbocycles. The molecule has 2 saturated heterocycles. The molecule has 1 atom stereocenters. The maximum atomic E-state index is 12.6. The minimum absolute atomic E-state index is 0.0507. The maximum Gasteiger partial charge on any atom is 0.253 e. The lowest BCUT2D eigenvalue weighted by Gasteiger charge is -2.23. The molecule has 1 N–H and O–H groups in total. The van der Waals surface area contributed by atoms with E-state index in [-0.39, 0.29) is 17.9 Å². The Morgan fingerprint density at radius 1 is 1.04 bits per heavy atom. The van der Waals surface area contributed by atoms with Gasteiger partial charge >= 0.3 is 0 Å². The number of hydrogen-bond acceptors (Lipinski definition) is 4. The summed E-state index contributed by atoms with van der Waals surface area (Å²) in [5, 5.41) is 2.97. The minimum atomic E-state index is -0.110. The molecule has 1 aromatic carbocycles. The first-order valence-corrected chi connectivity index (χ1v) is 10.1. The number of furan rings is 1. The van der Waals surface area contributed by atoms with Crippen molar-refractivity contribution in [3.63, 3.8) is 0 Å². The lowest BCUT2D eigenvalue weighted by atomic mass is 10.1. The molecule has 0 radical (unpaired) electrons. The predicted molar refractivity (Wildman–Crippen MR) is 106 cm³/mol. The molecule has 4 rings (SSSR count). The quantitative estimate of drug-likeness (QED) is 0.836. The van der Waals surface area contributed by atoms with E-state index in [0.29, 0.717) is 6.54 Å². The lowest BCUT2D eigenvalue weighted by molar-refractivity contribution is -0.125. The highest BCUT2D eigenvalue weighted by molar-refractivity contribution is 5.94. The molecule has 6 nitrogen and oxygen atoms in total. The van der Waals surface area contributed by atoms with Crippen LogP contribution in [0.1, 0.15) is 47.4 Å². The lowest BCUT2D eigenvalue weighted by Crippen LogP contribution is -2.42.